The van der Waals surface area contributed by atoms with Gasteiger partial charge in [0.25, 0.3) is 10.0 Å². The van der Waals surface area contributed by atoms with Crippen molar-refractivity contribution in [1.82, 2.24) is 10.2 Å². The summed E-state index contributed by atoms with van der Waals surface area (Å²) in [5.74, 6) is -0.0230. The molecule has 0 radical (unpaired) electrons. The Labute approximate surface area is 225 Å². The average molecular weight is 536 g/mol. The quantitative estimate of drug-likeness (QED) is 0.374. The van der Waals surface area contributed by atoms with E-state index in [0.29, 0.717) is 42.4 Å². The predicted molar refractivity (Wildman–Crippen MR) is 151 cm³/mol. The first kappa shape index (κ1) is 27.6. The monoisotopic (exact) mass is 535 g/mol. The lowest BCUT2D eigenvalue weighted by Gasteiger charge is -2.31. The van der Waals surface area contributed by atoms with Crippen LogP contribution in [-0.2, 0) is 26.2 Å². The van der Waals surface area contributed by atoms with Crippen molar-refractivity contribution in [2.24, 2.45) is 5.92 Å². The number of rotatable bonds is 11. The van der Waals surface area contributed by atoms with Crippen LogP contribution in [0, 0.1) is 12.8 Å². The number of nitrogens with zero attached hydrogens (tertiary/aromatic N) is 2. The lowest BCUT2D eigenvalue weighted by Crippen LogP contribution is -2.49. The van der Waals surface area contributed by atoms with E-state index in [4.69, 9.17) is 0 Å². The van der Waals surface area contributed by atoms with Gasteiger partial charge >= 0.3 is 0 Å². The second-order valence-corrected chi connectivity index (χ2v) is 12.2. The number of sulfonamides is 1. The molecule has 1 aliphatic rings. The van der Waals surface area contributed by atoms with Crippen LogP contribution >= 0.6 is 0 Å². The highest BCUT2D eigenvalue weighted by molar-refractivity contribution is 7.93. The van der Waals surface area contributed by atoms with Crippen molar-refractivity contribution in [3.05, 3.63) is 71.8 Å². The lowest BCUT2D eigenvalue weighted by molar-refractivity contribution is -0.141. The Balaban J connectivity index is 1.51. The number of aryl methyl sites for hydroxylation is 1. The third-order valence-corrected chi connectivity index (χ3v) is 8.79. The van der Waals surface area contributed by atoms with Crippen LogP contribution < -0.4 is 9.62 Å². The molecule has 3 aromatic rings. The van der Waals surface area contributed by atoms with E-state index >= 15 is 0 Å². The average Bonchev–Trinajstić information content (AvgIpc) is 3.10. The molecule has 1 heterocycles. The molecule has 0 saturated carbocycles. The summed E-state index contributed by atoms with van der Waals surface area (Å²) in [5, 5.41) is 4.59. The molecular weight excluding hydrogens is 498 g/mol. The van der Waals surface area contributed by atoms with Crippen molar-refractivity contribution in [2.45, 2.75) is 64.4 Å². The van der Waals surface area contributed by atoms with Crippen LogP contribution in [0.5, 0.6) is 0 Å². The van der Waals surface area contributed by atoms with Crippen LogP contribution in [0.4, 0.5) is 5.69 Å². The van der Waals surface area contributed by atoms with Gasteiger partial charge in [-0.2, -0.15) is 0 Å². The molecule has 0 fully saturated rings. The highest BCUT2D eigenvalue weighted by atomic mass is 32.2. The van der Waals surface area contributed by atoms with E-state index < -0.39 is 16.1 Å². The third-order valence-electron chi connectivity index (χ3n) is 6.94. The molecule has 1 N–H and O–H groups in total. The van der Waals surface area contributed by atoms with E-state index in [0.717, 1.165) is 21.9 Å². The number of amides is 2. The molecule has 1 atom stereocenters. The summed E-state index contributed by atoms with van der Waals surface area (Å²) in [5.41, 5.74) is 2.69. The lowest BCUT2D eigenvalue weighted by atomic mass is 10.1. The van der Waals surface area contributed by atoms with E-state index in [-0.39, 0.29) is 24.8 Å². The van der Waals surface area contributed by atoms with Crippen LogP contribution in [0.15, 0.2) is 65.6 Å². The fourth-order valence-electron chi connectivity index (χ4n) is 5.07. The maximum Gasteiger partial charge on any atom is 0.265 e. The minimum absolute atomic E-state index is 0.137. The van der Waals surface area contributed by atoms with Crippen molar-refractivity contribution >= 4 is 38.3 Å². The highest BCUT2D eigenvalue weighted by Crippen LogP contribution is 2.42. The Bertz CT molecular complexity index is 1430. The first-order valence-electron chi connectivity index (χ1n) is 13.3. The van der Waals surface area contributed by atoms with Crippen molar-refractivity contribution in [3.63, 3.8) is 0 Å². The van der Waals surface area contributed by atoms with E-state index in [9.17, 15) is 18.0 Å². The Hall–Kier alpha value is -3.39. The molecule has 7 nitrogen and oxygen atoms in total. The first-order chi connectivity index (χ1) is 18.1. The zero-order valence-corrected chi connectivity index (χ0v) is 23.4. The number of benzene rings is 3. The second kappa shape index (κ2) is 11.6. The smallest absolute Gasteiger partial charge is 0.265 e. The molecule has 202 valence electrons. The van der Waals surface area contributed by atoms with Crippen LogP contribution in [0.25, 0.3) is 10.8 Å². The fourth-order valence-corrected chi connectivity index (χ4v) is 6.81. The van der Waals surface area contributed by atoms with E-state index in [2.05, 4.69) is 5.32 Å². The molecule has 0 spiro atoms. The minimum atomic E-state index is -3.68. The molecular formula is C30H37N3O4S. The molecule has 0 aliphatic carbocycles. The van der Waals surface area contributed by atoms with Gasteiger partial charge in [-0.05, 0) is 48.8 Å². The second-order valence-electron chi connectivity index (χ2n) is 10.4. The summed E-state index contributed by atoms with van der Waals surface area (Å²) >= 11 is 0. The molecule has 0 saturated heterocycles. The van der Waals surface area contributed by atoms with Crippen LogP contribution in [0.3, 0.4) is 0 Å². The van der Waals surface area contributed by atoms with Crippen molar-refractivity contribution in [1.29, 1.82) is 0 Å². The fraction of sp³-hybridized carbons (Fsp3) is 0.400. The highest BCUT2D eigenvalue weighted by Gasteiger charge is 2.35. The summed E-state index contributed by atoms with van der Waals surface area (Å²) in [6.07, 6.45) is 0.966. The van der Waals surface area contributed by atoms with E-state index in [1.807, 2.05) is 76.2 Å². The maximum atomic E-state index is 13.6. The summed E-state index contributed by atoms with van der Waals surface area (Å²) in [4.78, 5) is 28.6. The van der Waals surface area contributed by atoms with Gasteiger partial charge in [0, 0.05) is 31.4 Å². The summed E-state index contributed by atoms with van der Waals surface area (Å²) in [7, 11) is -3.68. The largest absolute Gasteiger partial charge is 0.354 e. The summed E-state index contributed by atoms with van der Waals surface area (Å²) in [6, 6.07) is 18.2. The topological polar surface area (TPSA) is 86.8 Å². The maximum absolute atomic E-state index is 13.6. The summed E-state index contributed by atoms with van der Waals surface area (Å²) < 4.78 is 28.0. The molecule has 0 bridgehead atoms. The molecule has 0 unspecified atom stereocenters. The molecule has 2 amide bonds. The molecule has 1 aliphatic heterocycles. The Morgan fingerprint density at radius 2 is 1.74 bits per heavy atom. The molecule has 38 heavy (non-hydrogen) atoms. The summed E-state index contributed by atoms with van der Waals surface area (Å²) in [6.45, 7) is 9.02. The normalized spacial score (nSPS) is 14.6. The predicted octanol–water partition coefficient (Wildman–Crippen LogP) is 5.02. The van der Waals surface area contributed by atoms with Crippen LogP contribution in [-0.4, -0.2) is 44.3 Å². The number of hydrogen-bond donors (Lipinski definition) is 1. The number of anilines is 1. The van der Waals surface area contributed by atoms with E-state index in [1.54, 1.807) is 17.0 Å². The Morgan fingerprint density at radius 3 is 2.42 bits per heavy atom. The van der Waals surface area contributed by atoms with Gasteiger partial charge < -0.3 is 10.2 Å². The number of carbonyl (C=O) groups excluding carboxylic acids is 2. The number of nitrogens with one attached hydrogen (secondary N) is 1. The molecule has 4 rings (SSSR count). The Morgan fingerprint density at radius 1 is 1.03 bits per heavy atom. The van der Waals surface area contributed by atoms with E-state index in [1.165, 1.54) is 4.31 Å². The Kier molecular flexibility index (Phi) is 8.41. The molecule has 0 aromatic heterocycles. The van der Waals surface area contributed by atoms with Crippen molar-refractivity contribution in [3.8, 4) is 0 Å². The number of carbonyl (C=O) groups is 2. The zero-order chi connectivity index (χ0) is 27.4. The van der Waals surface area contributed by atoms with Gasteiger partial charge in [0.2, 0.25) is 11.8 Å². The SMILES string of the molecule is CC[C@@H](C(=O)NCC(C)C)N(Cc1cccc(C)c1)C(=O)CCCN1c2cccc3cccc(c23)S1(=O)=O. The molecule has 3 aromatic carbocycles. The van der Waals surface area contributed by atoms with Gasteiger partial charge in [0.05, 0.1) is 10.6 Å². The third kappa shape index (κ3) is 5.70. The van der Waals surface area contributed by atoms with Gasteiger partial charge in [-0.25, -0.2) is 8.42 Å². The van der Waals surface area contributed by atoms with Crippen LogP contribution in [0.2, 0.25) is 0 Å². The van der Waals surface area contributed by atoms with Gasteiger partial charge in [0.15, 0.2) is 0 Å². The van der Waals surface area contributed by atoms with Crippen molar-refractivity contribution in [2.75, 3.05) is 17.4 Å². The zero-order valence-electron chi connectivity index (χ0n) is 22.6. The molecule has 8 heteroatoms. The standard InChI is InChI=1S/C30H37N3O4S/c1-5-25(30(35)31-19-21(2)3)32(20-23-11-6-10-22(4)18-23)28(34)16-9-17-33-26-14-7-12-24-13-8-15-27(29(24)26)38(33,36)37/h6-8,10-15,18,21,25H,5,9,16-17,19-20H2,1-4H3,(H,31,35)/t25-/m0/s1. The van der Waals surface area contributed by atoms with Crippen molar-refractivity contribution < 1.29 is 18.0 Å². The van der Waals surface area contributed by atoms with Crippen LogP contribution in [0.1, 0.15) is 51.2 Å². The number of hydrogen-bond acceptors (Lipinski definition) is 4. The first-order valence-corrected chi connectivity index (χ1v) is 14.7. The van der Waals surface area contributed by atoms with Gasteiger partial charge in [-0.1, -0.05) is 74.9 Å². The van der Waals surface area contributed by atoms with Gasteiger partial charge in [-0.15, -0.1) is 0 Å². The van der Waals surface area contributed by atoms with Gasteiger partial charge in [0.1, 0.15) is 6.04 Å². The van der Waals surface area contributed by atoms with Gasteiger partial charge in [-0.3, -0.25) is 13.9 Å². The minimum Gasteiger partial charge on any atom is -0.354 e.